The van der Waals surface area contributed by atoms with Crippen LogP contribution in [0.5, 0.6) is 0 Å². The summed E-state index contributed by atoms with van der Waals surface area (Å²) in [6.07, 6.45) is 5.68. The fourth-order valence-corrected chi connectivity index (χ4v) is 5.19. The van der Waals surface area contributed by atoms with Crippen LogP contribution in [0.15, 0.2) is 47.9 Å². The number of rotatable bonds is 7. The number of nitrogens with two attached hydrogens (primary N) is 1. The highest BCUT2D eigenvalue weighted by molar-refractivity contribution is 6.03. The maximum Gasteiger partial charge on any atom is 0.220 e. The van der Waals surface area contributed by atoms with E-state index in [1.807, 2.05) is 25.1 Å². The molecule has 1 saturated heterocycles. The Morgan fingerprint density at radius 2 is 2.06 bits per heavy atom. The van der Waals surface area contributed by atoms with Crippen LogP contribution in [-0.2, 0) is 11.3 Å². The number of pyridine rings is 1. The minimum Gasteiger partial charge on any atom is -0.396 e. The van der Waals surface area contributed by atoms with Crippen LogP contribution in [0.25, 0.3) is 11.1 Å². The quantitative estimate of drug-likeness (QED) is 0.388. The number of nitrogen functional groups attached to an aromatic ring is 1. The van der Waals surface area contributed by atoms with E-state index in [2.05, 4.69) is 30.3 Å². The first-order valence-corrected chi connectivity index (χ1v) is 12.5. The van der Waals surface area contributed by atoms with E-state index >= 15 is 0 Å². The minimum atomic E-state index is -0.280. The van der Waals surface area contributed by atoms with Crippen molar-refractivity contribution in [3.8, 4) is 11.1 Å². The van der Waals surface area contributed by atoms with Crippen LogP contribution in [0, 0.1) is 12.7 Å². The molecule has 1 aliphatic heterocycles. The lowest BCUT2D eigenvalue weighted by Crippen LogP contribution is -2.43. The molecule has 1 unspecified atom stereocenters. The van der Waals surface area contributed by atoms with Gasteiger partial charge in [-0.1, -0.05) is 17.3 Å². The number of piperazine rings is 1. The average molecular weight is 490 g/mol. The summed E-state index contributed by atoms with van der Waals surface area (Å²) < 4.78 is 14.3. The molecule has 0 saturated carbocycles. The molecule has 36 heavy (non-hydrogen) atoms. The Morgan fingerprint density at radius 3 is 2.86 bits per heavy atom. The molecule has 0 radical (unpaired) electrons. The third-order valence-electron chi connectivity index (χ3n) is 6.87. The van der Waals surface area contributed by atoms with Crippen LogP contribution in [0.1, 0.15) is 41.3 Å². The summed E-state index contributed by atoms with van der Waals surface area (Å²) in [6.45, 7) is 7.67. The van der Waals surface area contributed by atoms with Crippen molar-refractivity contribution in [2.45, 2.75) is 32.1 Å². The van der Waals surface area contributed by atoms with Gasteiger partial charge in [0.25, 0.3) is 0 Å². The largest absolute Gasteiger partial charge is 0.396 e. The second kappa shape index (κ2) is 11.1. The monoisotopic (exact) mass is 489 g/mol. The van der Waals surface area contributed by atoms with E-state index in [0.717, 1.165) is 78.5 Å². The summed E-state index contributed by atoms with van der Waals surface area (Å²) in [6, 6.07) is 8.75. The Bertz CT molecular complexity index is 1230. The number of aryl methyl sites for hydroxylation is 1. The number of nitrogens with one attached hydrogen (secondary N) is 1. The molecule has 1 fully saturated rings. The second-order valence-electron chi connectivity index (χ2n) is 9.38. The number of oxime groups is 1. The van der Waals surface area contributed by atoms with Crippen molar-refractivity contribution in [2.24, 2.45) is 5.16 Å². The van der Waals surface area contributed by atoms with Crippen LogP contribution in [0.3, 0.4) is 0 Å². The van der Waals surface area contributed by atoms with Gasteiger partial charge in [-0.05, 0) is 55.0 Å². The van der Waals surface area contributed by atoms with Crippen molar-refractivity contribution in [1.82, 2.24) is 25.2 Å². The van der Waals surface area contributed by atoms with E-state index in [-0.39, 0.29) is 17.7 Å². The molecule has 8 nitrogen and oxygen atoms in total. The average Bonchev–Trinajstić information content (AvgIpc) is 2.89. The molecule has 0 bridgehead atoms. The number of hydrogen-bond donors (Lipinski definition) is 2. The number of hydrogen-bond acceptors (Lipinski definition) is 8. The molecule has 3 aromatic rings. The van der Waals surface area contributed by atoms with E-state index < -0.39 is 0 Å². The number of anilines is 1. The summed E-state index contributed by atoms with van der Waals surface area (Å²) in [5, 5.41) is 7.95. The van der Waals surface area contributed by atoms with Crippen molar-refractivity contribution < 1.29 is 9.23 Å². The molecule has 1 aliphatic carbocycles. The van der Waals surface area contributed by atoms with Gasteiger partial charge in [0.1, 0.15) is 12.4 Å². The lowest BCUT2D eigenvalue weighted by atomic mass is 9.78. The molecule has 0 spiro atoms. The van der Waals surface area contributed by atoms with Crippen molar-refractivity contribution in [3.63, 3.8) is 0 Å². The Labute approximate surface area is 210 Å². The fourth-order valence-electron chi connectivity index (χ4n) is 5.19. The molecule has 188 valence electrons. The van der Waals surface area contributed by atoms with Crippen molar-refractivity contribution in [3.05, 3.63) is 71.1 Å². The zero-order valence-corrected chi connectivity index (χ0v) is 20.6. The van der Waals surface area contributed by atoms with Gasteiger partial charge in [-0.25, -0.2) is 14.4 Å². The first-order chi connectivity index (χ1) is 17.6. The van der Waals surface area contributed by atoms with Gasteiger partial charge in [-0.15, -0.1) is 0 Å². The Balaban J connectivity index is 1.40. The minimum absolute atomic E-state index is 0.0326. The van der Waals surface area contributed by atoms with E-state index in [1.165, 1.54) is 6.07 Å². The van der Waals surface area contributed by atoms with Gasteiger partial charge in [0.15, 0.2) is 0 Å². The summed E-state index contributed by atoms with van der Waals surface area (Å²) in [5.74, 6) is -0.00192. The molecule has 1 atom stereocenters. The molecule has 2 aromatic heterocycles. The number of aromatic nitrogens is 3. The lowest BCUT2D eigenvalue weighted by Gasteiger charge is -2.28. The SMILES string of the molecule is Cc1nc(N)nc2c1C(=NOCCCN1CCNCC1)CC(c1ccc(F)cc1-c1cccnc1)C2. The van der Waals surface area contributed by atoms with Crippen molar-refractivity contribution in [1.29, 1.82) is 0 Å². The van der Waals surface area contributed by atoms with Gasteiger partial charge in [-0.3, -0.25) is 4.98 Å². The summed E-state index contributed by atoms with van der Waals surface area (Å²) in [5.41, 5.74) is 12.1. The zero-order chi connectivity index (χ0) is 24.9. The third-order valence-corrected chi connectivity index (χ3v) is 6.87. The van der Waals surface area contributed by atoms with Gasteiger partial charge in [0.05, 0.1) is 17.1 Å². The van der Waals surface area contributed by atoms with Crippen molar-refractivity contribution in [2.75, 3.05) is 45.1 Å². The van der Waals surface area contributed by atoms with Crippen LogP contribution in [0.4, 0.5) is 10.3 Å². The maximum atomic E-state index is 14.3. The Kier molecular flexibility index (Phi) is 7.48. The van der Waals surface area contributed by atoms with Crippen LogP contribution in [0.2, 0.25) is 0 Å². The van der Waals surface area contributed by atoms with Crippen LogP contribution >= 0.6 is 0 Å². The predicted octanol–water partition coefficient (Wildman–Crippen LogP) is 3.31. The van der Waals surface area contributed by atoms with E-state index in [9.17, 15) is 4.39 Å². The van der Waals surface area contributed by atoms with Gasteiger partial charge >= 0.3 is 0 Å². The molecule has 9 heteroatoms. The van der Waals surface area contributed by atoms with E-state index in [0.29, 0.717) is 19.4 Å². The highest BCUT2D eigenvalue weighted by Gasteiger charge is 2.30. The topological polar surface area (TPSA) is 102 Å². The predicted molar refractivity (Wildman–Crippen MR) is 138 cm³/mol. The molecule has 3 heterocycles. The van der Waals surface area contributed by atoms with E-state index in [1.54, 1.807) is 18.5 Å². The number of nitrogens with zero attached hydrogens (tertiary/aromatic N) is 5. The highest BCUT2D eigenvalue weighted by Crippen LogP contribution is 2.38. The Morgan fingerprint density at radius 1 is 1.19 bits per heavy atom. The molecule has 3 N–H and O–H groups in total. The zero-order valence-electron chi connectivity index (χ0n) is 20.6. The highest BCUT2D eigenvalue weighted by atomic mass is 19.1. The first kappa shape index (κ1) is 24.3. The molecular formula is C27H32FN7O. The van der Waals surface area contributed by atoms with Crippen LogP contribution in [-0.4, -0.2) is 64.9 Å². The first-order valence-electron chi connectivity index (χ1n) is 12.5. The standard InChI is InChI=1S/C27H32FN7O/c1-18-26-24(33-27(29)32-18)14-20(15-25(26)34-36-13-3-10-35-11-8-30-9-12-35)22-6-5-21(28)16-23(22)19-4-2-7-31-17-19/h2,4-7,16-17,20,30H,3,8-15H2,1H3,(H2,29,32,33). The van der Waals surface area contributed by atoms with Crippen LogP contribution < -0.4 is 11.1 Å². The fraction of sp³-hybridized carbons (Fsp3) is 0.407. The summed E-state index contributed by atoms with van der Waals surface area (Å²) >= 11 is 0. The van der Waals surface area contributed by atoms with Gasteiger partial charge in [0.2, 0.25) is 5.95 Å². The Hall–Kier alpha value is -3.43. The van der Waals surface area contributed by atoms with Crippen molar-refractivity contribution >= 4 is 11.7 Å². The third kappa shape index (κ3) is 5.52. The molecular weight excluding hydrogens is 457 g/mol. The smallest absolute Gasteiger partial charge is 0.220 e. The summed E-state index contributed by atoms with van der Waals surface area (Å²) in [7, 11) is 0. The normalized spacial score (nSPS) is 19.3. The molecule has 5 rings (SSSR count). The van der Waals surface area contributed by atoms with Gasteiger partial charge in [-0.2, -0.15) is 0 Å². The maximum absolute atomic E-state index is 14.3. The number of benzene rings is 1. The summed E-state index contributed by atoms with van der Waals surface area (Å²) in [4.78, 5) is 21.4. The lowest BCUT2D eigenvalue weighted by molar-refractivity contribution is 0.125. The molecule has 1 aromatic carbocycles. The number of fused-ring (bicyclic) bond motifs is 1. The van der Waals surface area contributed by atoms with Gasteiger partial charge < -0.3 is 20.8 Å². The second-order valence-corrected chi connectivity index (χ2v) is 9.38. The van der Waals surface area contributed by atoms with Gasteiger partial charge in [0, 0.05) is 62.7 Å². The van der Waals surface area contributed by atoms with E-state index in [4.69, 9.17) is 10.6 Å². The number of halogens is 1. The molecule has 0 amide bonds. The molecule has 2 aliphatic rings.